The molecule has 1 aromatic heterocycles. The first-order valence-electron chi connectivity index (χ1n) is 7.43. The maximum absolute atomic E-state index is 10.2. The van der Waals surface area contributed by atoms with Crippen LogP contribution in [-0.4, -0.2) is 19.9 Å². The van der Waals surface area contributed by atoms with Gasteiger partial charge < -0.3 is 5.11 Å². The second-order valence-electron chi connectivity index (χ2n) is 6.12. The van der Waals surface area contributed by atoms with Gasteiger partial charge in [0.25, 0.3) is 0 Å². The largest absolute Gasteiger partial charge is 0.385 e. The van der Waals surface area contributed by atoms with Crippen LogP contribution in [0.25, 0.3) is 0 Å². The lowest BCUT2D eigenvalue weighted by atomic mass is 10.0. The maximum Gasteiger partial charge on any atom is 0.179 e. The third-order valence-electron chi connectivity index (χ3n) is 4.50. The van der Waals surface area contributed by atoms with E-state index in [2.05, 4.69) is 41.3 Å². The van der Waals surface area contributed by atoms with Crippen LogP contribution in [0.3, 0.4) is 0 Å². The van der Waals surface area contributed by atoms with E-state index < -0.39 is 6.10 Å². The topological polar surface area (TPSA) is 50.9 Å². The van der Waals surface area contributed by atoms with Crippen LogP contribution in [0.5, 0.6) is 0 Å². The standard InChI is InChI=1S/C16H19N3O/c1-10-9-13(11-5-3-2-4-6-11)19-16(10)17-15(18-19)14(20)12-7-8-12/h2-6,10,12-14,20H,7-9H2,1H3. The molecule has 1 fully saturated rings. The van der Waals surface area contributed by atoms with Gasteiger partial charge in [0.05, 0.1) is 6.04 Å². The Balaban J connectivity index is 1.71. The Hall–Kier alpha value is -1.68. The molecule has 1 aliphatic heterocycles. The average molecular weight is 269 g/mol. The summed E-state index contributed by atoms with van der Waals surface area (Å²) in [4.78, 5) is 4.61. The van der Waals surface area contributed by atoms with Gasteiger partial charge in [-0.1, -0.05) is 37.3 Å². The molecule has 0 bridgehead atoms. The molecule has 104 valence electrons. The van der Waals surface area contributed by atoms with Crippen molar-refractivity contribution in [2.24, 2.45) is 5.92 Å². The van der Waals surface area contributed by atoms with Crippen LogP contribution >= 0.6 is 0 Å². The summed E-state index contributed by atoms with van der Waals surface area (Å²) in [6.45, 7) is 2.19. The zero-order valence-corrected chi connectivity index (χ0v) is 11.6. The van der Waals surface area contributed by atoms with Gasteiger partial charge in [-0.15, -0.1) is 0 Å². The number of benzene rings is 1. The van der Waals surface area contributed by atoms with Crippen molar-refractivity contribution in [3.8, 4) is 0 Å². The predicted molar refractivity (Wildman–Crippen MR) is 75.3 cm³/mol. The van der Waals surface area contributed by atoms with Crippen LogP contribution in [0.1, 0.15) is 61.5 Å². The highest BCUT2D eigenvalue weighted by molar-refractivity contribution is 5.24. The van der Waals surface area contributed by atoms with E-state index >= 15 is 0 Å². The van der Waals surface area contributed by atoms with Crippen LogP contribution in [-0.2, 0) is 0 Å². The molecular weight excluding hydrogens is 250 g/mol. The fourth-order valence-electron chi connectivity index (χ4n) is 3.16. The van der Waals surface area contributed by atoms with Gasteiger partial charge in [0.15, 0.2) is 5.82 Å². The highest BCUT2D eigenvalue weighted by Gasteiger charge is 2.37. The Kier molecular flexibility index (Phi) is 2.67. The predicted octanol–water partition coefficient (Wildman–Crippen LogP) is 2.82. The van der Waals surface area contributed by atoms with Gasteiger partial charge in [0.2, 0.25) is 0 Å². The maximum atomic E-state index is 10.2. The molecule has 0 saturated heterocycles. The molecule has 3 unspecified atom stereocenters. The van der Waals surface area contributed by atoms with Crippen LogP contribution < -0.4 is 0 Å². The number of fused-ring (bicyclic) bond motifs is 1. The molecule has 1 aromatic carbocycles. The zero-order valence-electron chi connectivity index (χ0n) is 11.6. The summed E-state index contributed by atoms with van der Waals surface area (Å²) in [5, 5.41) is 14.8. The van der Waals surface area contributed by atoms with E-state index in [4.69, 9.17) is 0 Å². The van der Waals surface area contributed by atoms with Gasteiger partial charge in [0, 0.05) is 5.92 Å². The number of hydrogen-bond donors (Lipinski definition) is 1. The first-order valence-corrected chi connectivity index (χ1v) is 7.43. The quantitative estimate of drug-likeness (QED) is 0.932. The molecule has 4 heteroatoms. The van der Waals surface area contributed by atoms with Gasteiger partial charge in [-0.05, 0) is 30.7 Å². The van der Waals surface area contributed by atoms with Crippen LogP contribution in [0, 0.1) is 5.92 Å². The smallest absolute Gasteiger partial charge is 0.179 e. The number of aliphatic hydroxyl groups excluding tert-OH is 1. The highest BCUT2D eigenvalue weighted by atomic mass is 16.3. The molecule has 2 aliphatic rings. The van der Waals surface area contributed by atoms with Gasteiger partial charge in [-0.25, -0.2) is 9.67 Å². The molecule has 0 radical (unpaired) electrons. The van der Waals surface area contributed by atoms with Crippen molar-refractivity contribution in [3.63, 3.8) is 0 Å². The molecule has 20 heavy (non-hydrogen) atoms. The van der Waals surface area contributed by atoms with E-state index in [0.717, 1.165) is 25.1 Å². The molecule has 1 saturated carbocycles. The lowest BCUT2D eigenvalue weighted by Crippen LogP contribution is -2.09. The second-order valence-corrected chi connectivity index (χ2v) is 6.12. The van der Waals surface area contributed by atoms with Crippen LogP contribution in [0.15, 0.2) is 30.3 Å². The minimum absolute atomic E-state index is 0.258. The normalized spacial score (nSPS) is 26.5. The van der Waals surface area contributed by atoms with Crippen LogP contribution in [0.2, 0.25) is 0 Å². The van der Waals surface area contributed by atoms with Crippen molar-refractivity contribution >= 4 is 0 Å². The molecular formula is C16H19N3O. The summed E-state index contributed by atoms with van der Waals surface area (Å²) in [5.74, 6) is 2.42. The van der Waals surface area contributed by atoms with Gasteiger partial charge in [0.1, 0.15) is 11.9 Å². The minimum Gasteiger partial charge on any atom is -0.385 e. The minimum atomic E-state index is -0.475. The van der Waals surface area contributed by atoms with E-state index in [1.54, 1.807) is 0 Å². The molecule has 2 heterocycles. The number of aromatic nitrogens is 3. The fraction of sp³-hybridized carbons (Fsp3) is 0.500. The summed E-state index contributed by atoms with van der Waals surface area (Å²) >= 11 is 0. The molecule has 3 atom stereocenters. The Morgan fingerprint density at radius 1 is 1.25 bits per heavy atom. The molecule has 2 aromatic rings. The van der Waals surface area contributed by atoms with E-state index in [1.807, 2.05) is 10.7 Å². The number of nitrogens with zero attached hydrogens (tertiary/aromatic N) is 3. The molecule has 0 amide bonds. The molecule has 4 nitrogen and oxygen atoms in total. The molecule has 4 rings (SSSR count). The van der Waals surface area contributed by atoms with E-state index in [0.29, 0.717) is 17.7 Å². The third kappa shape index (κ3) is 1.86. The van der Waals surface area contributed by atoms with Crippen molar-refractivity contribution in [1.29, 1.82) is 0 Å². The number of hydrogen-bond acceptors (Lipinski definition) is 3. The number of rotatable bonds is 3. The summed E-state index contributed by atoms with van der Waals surface area (Å²) < 4.78 is 2.03. The van der Waals surface area contributed by atoms with E-state index in [1.165, 1.54) is 5.56 Å². The van der Waals surface area contributed by atoms with Gasteiger partial charge in [-0.3, -0.25) is 0 Å². The Bertz CT molecular complexity index is 618. The van der Waals surface area contributed by atoms with Crippen LogP contribution in [0.4, 0.5) is 0 Å². The van der Waals surface area contributed by atoms with Crippen molar-refractivity contribution in [1.82, 2.24) is 14.8 Å². The van der Waals surface area contributed by atoms with Gasteiger partial charge in [-0.2, -0.15) is 5.10 Å². The summed E-state index contributed by atoms with van der Waals surface area (Å²) in [6.07, 6.45) is 2.77. The number of aliphatic hydroxyl groups is 1. The summed E-state index contributed by atoms with van der Waals surface area (Å²) in [5.41, 5.74) is 1.27. The Labute approximate surface area is 118 Å². The van der Waals surface area contributed by atoms with Crippen molar-refractivity contribution in [3.05, 3.63) is 47.5 Å². The van der Waals surface area contributed by atoms with Gasteiger partial charge >= 0.3 is 0 Å². The van der Waals surface area contributed by atoms with E-state index in [9.17, 15) is 5.11 Å². The fourth-order valence-corrected chi connectivity index (χ4v) is 3.16. The first kappa shape index (κ1) is 12.1. The molecule has 1 N–H and O–H groups in total. The Morgan fingerprint density at radius 3 is 2.70 bits per heavy atom. The summed E-state index contributed by atoms with van der Waals surface area (Å²) in [6, 6.07) is 10.7. The molecule has 0 spiro atoms. The third-order valence-corrected chi connectivity index (χ3v) is 4.50. The first-order chi connectivity index (χ1) is 9.74. The van der Waals surface area contributed by atoms with Crippen molar-refractivity contribution in [2.75, 3.05) is 0 Å². The van der Waals surface area contributed by atoms with E-state index in [-0.39, 0.29) is 6.04 Å². The van der Waals surface area contributed by atoms with Crippen molar-refractivity contribution in [2.45, 2.75) is 44.2 Å². The lowest BCUT2D eigenvalue weighted by molar-refractivity contribution is 0.143. The monoisotopic (exact) mass is 269 g/mol. The highest BCUT2D eigenvalue weighted by Crippen LogP contribution is 2.43. The Morgan fingerprint density at radius 2 is 2.00 bits per heavy atom. The lowest BCUT2D eigenvalue weighted by Gasteiger charge is -2.12. The SMILES string of the molecule is CC1CC(c2ccccc2)n2nc(C(O)C3CC3)nc21. The zero-order chi connectivity index (χ0) is 13.7. The van der Waals surface area contributed by atoms with Crippen molar-refractivity contribution < 1.29 is 5.11 Å². The second kappa shape index (κ2) is 4.42. The summed E-state index contributed by atoms with van der Waals surface area (Å²) in [7, 11) is 0. The molecule has 1 aliphatic carbocycles. The average Bonchev–Trinajstić information content (AvgIpc) is 3.15.